The van der Waals surface area contributed by atoms with E-state index in [0.29, 0.717) is 54.8 Å². The monoisotopic (exact) mass is 897 g/mol. The minimum atomic E-state index is -0.765. The highest BCUT2D eigenvalue weighted by molar-refractivity contribution is 6.06. The number of hydrogen-bond donors (Lipinski definition) is 3. The van der Waals surface area contributed by atoms with Gasteiger partial charge in [-0.05, 0) is 92.9 Å². The zero-order chi connectivity index (χ0) is 45.4. The van der Waals surface area contributed by atoms with E-state index in [1.165, 1.54) is 30.5 Å². The van der Waals surface area contributed by atoms with Gasteiger partial charge < -0.3 is 34.6 Å². The first-order valence-corrected chi connectivity index (χ1v) is 22.8. The van der Waals surface area contributed by atoms with Gasteiger partial charge in [0.05, 0.1) is 23.2 Å². The van der Waals surface area contributed by atoms with Gasteiger partial charge in [0.2, 0.25) is 11.8 Å². The number of likely N-dealkylation sites (tertiary alicyclic amines) is 1. The number of likely N-dealkylation sites (N-methyl/N-ethyl adjacent to an activating group) is 1. The molecule has 17 heteroatoms. The summed E-state index contributed by atoms with van der Waals surface area (Å²) in [4.78, 5) is 59.8. The highest BCUT2D eigenvalue weighted by Crippen LogP contribution is 2.40. The molecule has 2 bridgehead atoms. The van der Waals surface area contributed by atoms with E-state index in [0.717, 1.165) is 56.4 Å². The number of aromatic hydroxyl groups is 1. The zero-order valence-corrected chi connectivity index (χ0v) is 36.4. The summed E-state index contributed by atoms with van der Waals surface area (Å²) in [7, 11) is 2.04. The number of nitrogens with zero attached hydrogens (tertiary/aromatic N) is 7. The van der Waals surface area contributed by atoms with Crippen molar-refractivity contribution in [3.8, 4) is 35.4 Å². The third-order valence-corrected chi connectivity index (χ3v) is 14.4. The van der Waals surface area contributed by atoms with Crippen LogP contribution >= 0.6 is 0 Å². The van der Waals surface area contributed by atoms with Crippen LogP contribution in [-0.4, -0.2) is 130 Å². The molecule has 0 saturated carbocycles. The fraction of sp³-hybridized carbons (Fsp3) is 0.429. The van der Waals surface area contributed by atoms with E-state index in [9.17, 15) is 19.5 Å². The van der Waals surface area contributed by atoms with E-state index >= 15 is 8.78 Å². The number of phenols is 1. The average molecular weight is 898 g/mol. The molecule has 66 heavy (non-hydrogen) atoms. The van der Waals surface area contributed by atoms with Crippen molar-refractivity contribution in [3.05, 3.63) is 77.0 Å². The van der Waals surface area contributed by atoms with Crippen LogP contribution < -0.4 is 25.2 Å². The summed E-state index contributed by atoms with van der Waals surface area (Å²) in [6.07, 6.45) is 12.3. The van der Waals surface area contributed by atoms with Crippen LogP contribution in [0, 0.1) is 24.0 Å². The van der Waals surface area contributed by atoms with E-state index in [1.54, 1.807) is 4.90 Å². The SMILES string of the molecule is C#Cc1c(F)ccc2cc(O)cc(-c3ncc4c(N5CC6CCC(C5)N6)nc(OC[C@@H]5C[C@@H](OC6CCN(c7ccc8c(c7)CN(C7CCC(=O)NC7=O)C8=O)CC6)CN5C)nc4c3F)c12. The van der Waals surface area contributed by atoms with Crippen LogP contribution in [-0.2, 0) is 20.9 Å². The molecule has 3 aromatic carbocycles. The Hall–Kier alpha value is -6.48. The Balaban J connectivity index is 0.774. The van der Waals surface area contributed by atoms with Crippen molar-refractivity contribution in [3.63, 3.8) is 0 Å². The summed E-state index contributed by atoms with van der Waals surface area (Å²) in [6, 6.07) is 11.3. The molecule has 5 saturated heterocycles. The highest BCUT2D eigenvalue weighted by Gasteiger charge is 2.40. The van der Waals surface area contributed by atoms with Crippen molar-refractivity contribution in [2.45, 2.75) is 87.9 Å². The number of carbonyl (C=O) groups is 3. The molecule has 2 aromatic heterocycles. The number of benzene rings is 3. The summed E-state index contributed by atoms with van der Waals surface area (Å²) in [5.74, 6) is 0.458. The number of aromatic nitrogens is 3. The maximum atomic E-state index is 17.1. The van der Waals surface area contributed by atoms with E-state index < -0.39 is 23.6 Å². The van der Waals surface area contributed by atoms with Gasteiger partial charge in [0.1, 0.15) is 41.2 Å². The van der Waals surface area contributed by atoms with Gasteiger partial charge in [-0.15, -0.1) is 6.42 Å². The number of terminal acetylenes is 1. The lowest BCUT2D eigenvalue weighted by atomic mass is 9.96. The molecule has 6 aliphatic rings. The fourth-order valence-corrected chi connectivity index (χ4v) is 11.0. The van der Waals surface area contributed by atoms with Crippen molar-refractivity contribution in [1.29, 1.82) is 0 Å². The van der Waals surface area contributed by atoms with Gasteiger partial charge in [0.25, 0.3) is 5.91 Å². The number of amides is 3. The second-order valence-corrected chi connectivity index (χ2v) is 18.5. The Labute approximate surface area is 379 Å². The lowest BCUT2D eigenvalue weighted by Gasteiger charge is -2.35. The van der Waals surface area contributed by atoms with Crippen LogP contribution in [0.1, 0.15) is 66.4 Å². The number of carbonyl (C=O) groups excluding carboxylic acids is 3. The first-order chi connectivity index (χ1) is 32.0. The minimum Gasteiger partial charge on any atom is -0.508 e. The molecule has 0 spiro atoms. The number of fused-ring (bicyclic) bond motifs is 5. The number of pyridine rings is 1. The lowest BCUT2D eigenvalue weighted by molar-refractivity contribution is -0.136. The maximum absolute atomic E-state index is 17.1. The molecule has 5 fully saturated rings. The molecule has 3 amide bonds. The minimum absolute atomic E-state index is 0.00376. The predicted molar refractivity (Wildman–Crippen MR) is 241 cm³/mol. The quantitative estimate of drug-likeness (QED) is 0.139. The molecule has 6 aliphatic heterocycles. The number of imide groups is 1. The number of halogens is 2. The van der Waals surface area contributed by atoms with Crippen LogP contribution in [0.4, 0.5) is 20.3 Å². The molecule has 3 unspecified atom stereocenters. The number of phenolic OH excluding ortho intramolecular Hbond substituents is 1. The second-order valence-electron chi connectivity index (χ2n) is 18.5. The van der Waals surface area contributed by atoms with Crippen molar-refractivity contribution < 1.29 is 37.7 Å². The Kier molecular flexibility index (Phi) is 10.7. The van der Waals surface area contributed by atoms with Crippen LogP contribution in [0.25, 0.3) is 32.9 Å². The smallest absolute Gasteiger partial charge is 0.319 e. The summed E-state index contributed by atoms with van der Waals surface area (Å²) in [5.41, 5.74) is 2.46. The largest absolute Gasteiger partial charge is 0.508 e. The molecule has 0 radical (unpaired) electrons. The number of nitrogens with one attached hydrogen (secondary N) is 2. The van der Waals surface area contributed by atoms with Gasteiger partial charge in [0.15, 0.2) is 5.82 Å². The topological polar surface area (TPSA) is 166 Å². The van der Waals surface area contributed by atoms with Crippen LogP contribution in [0.5, 0.6) is 11.8 Å². The number of piperidine rings is 2. The van der Waals surface area contributed by atoms with E-state index in [4.69, 9.17) is 20.9 Å². The Morgan fingerprint density at radius 1 is 0.924 bits per heavy atom. The van der Waals surface area contributed by atoms with Crippen LogP contribution in [0.3, 0.4) is 0 Å². The van der Waals surface area contributed by atoms with Gasteiger partial charge in [-0.3, -0.25) is 29.6 Å². The van der Waals surface area contributed by atoms with E-state index in [2.05, 4.69) is 41.2 Å². The van der Waals surface area contributed by atoms with Gasteiger partial charge in [0, 0.05) is 92.2 Å². The van der Waals surface area contributed by atoms with Gasteiger partial charge >= 0.3 is 6.01 Å². The zero-order valence-electron chi connectivity index (χ0n) is 36.4. The van der Waals surface area contributed by atoms with Gasteiger partial charge in [-0.1, -0.05) is 12.0 Å². The molecule has 5 atom stereocenters. The first-order valence-electron chi connectivity index (χ1n) is 22.8. The number of ether oxygens (including phenoxy) is 2. The highest BCUT2D eigenvalue weighted by atomic mass is 19.1. The molecule has 0 aliphatic carbocycles. The molecule has 8 heterocycles. The van der Waals surface area contributed by atoms with Crippen molar-refractivity contribution in [2.75, 3.05) is 56.2 Å². The van der Waals surface area contributed by atoms with Crippen molar-refractivity contribution in [1.82, 2.24) is 35.4 Å². The van der Waals surface area contributed by atoms with Crippen LogP contribution in [0.2, 0.25) is 0 Å². The van der Waals surface area contributed by atoms with E-state index in [-0.39, 0.29) is 94.7 Å². The van der Waals surface area contributed by atoms with E-state index in [1.807, 2.05) is 25.2 Å². The number of piperazine rings is 1. The Morgan fingerprint density at radius 3 is 2.50 bits per heavy atom. The number of rotatable bonds is 9. The standard InChI is InChI=1S/C49H49F2N9O6/c1-3-35-39(50)9-4-26-17-32(61)19-37(42(26)35)44-43(51)45-38(20-52-44)46(59-22-28-5-6-29(23-59)53-28)56-49(55-45)65-25-31-18-34(24-57(31)2)66-33-12-14-58(15-13-33)30-7-8-36-27(16-30)21-60(48(36)64)40-10-11-41(62)54-47(40)63/h1,4,7-9,16-17,19-20,28-29,31,33-34,40,53,61H,5-6,10-15,18,21-25H2,2H3,(H,54,62,63)/t28?,29?,31-,34+,40?/m0/s1. The molecule has 340 valence electrons. The second kappa shape index (κ2) is 16.7. The summed E-state index contributed by atoms with van der Waals surface area (Å²) < 4.78 is 45.2. The van der Waals surface area contributed by atoms with Gasteiger partial charge in [-0.2, -0.15) is 9.97 Å². The summed E-state index contributed by atoms with van der Waals surface area (Å²) in [5, 5.41) is 17.8. The molecule has 15 nitrogen and oxygen atoms in total. The lowest BCUT2D eigenvalue weighted by Crippen LogP contribution is -2.52. The summed E-state index contributed by atoms with van der Waals surface area (Å²) in [6.45, 7) is 4.23. The average Bonchev–Trinajstić information content (AvgIpc) is 3.96. The molecule has 11 rings (SSSR count). The molecule has 3 N–H and O–H groups in total. The Morgan fingerprint density at radius 2 is 1.73 bits per heavy atom. The summed E-state index contributed by atoms with van der Waals surface area (Å²) >= 11 is 0. The van der Waals surface area contributed by atoms with Crippen molar-refractivity contribution in [2.24, 2.45) is 0 Å². The predicted octanol–water partition coefficient (Wildman–Crippen LogP) is 4.65. The molecule has 5 aromatic rings. The normalized spacial score (nSPS) is 24.7. The number of anilines is 2. The third kappa shape index (κ3) is 7.60. The fourth-order valence-electron chi connectivity index (χ4n) is 11.0. The van der Waals surface area contributed by atoms with Gasteiger partial charge in [-0.25, -0.2) is 8.78 Å². The third-order valence-electron chi connectivity index (χ3n) is 14.4. The number of hydrogen-bond acceptors (Lipinski definition) is 13. The molecular weight excluding hydrogens is 849 g/mol. The first kappa shape index (κ1) is 42.2. The molecular formula is C49H49F2N9O6. The Bertz CT molecular complexity index is 2850. The van der Waals surface area contributed by atoms with Crippen molar-refractivity contribution >= 4 is 50.9 Å². The maximum Gasteiger partial charge on any atom is 0.319 e. The van der Waals surface area contributed by atoms with Crippen LogP contribution in [0.15, 0.2) is 48.7 Å².